The van der Waals surface area contributed by atoms with Crippen LogP contribution in [0.2, 0.25) is 0 Å². The second-order valence-electron chi connectivity index (χ2n) is 12.6. The van der Waals surface area contributed by atoms with E-state index in [1.165, 1.54) is 0 Å². The summed E-state index contributed by atoms with van der Waals surface area (Å²) in [5.74, 6) is 0.0687. The maximum absolute atomic E-state index is 13.6. The second kappa shape index (κ2) is 13.3. The number of piperidine rings is 1. The Balaban J connectivity index is 1.14. The number of hydrogen-bond acceptors (Lipinski definition) is 8. The summed E-state index contributed by atoms with van der Waals surface area (Å²) in [5.41, 5.74) is 4.26. The number of carbonyl (C=O) groups excluding carboxylic acids is 3. The maximum atomic E-state index is 13.6. The number of amides is 3. The van der Waals surface area contributed by atoms with E-state index in [0.29, 0.717) is 83.4 Å². The SMILES string of the molecule is O=C1NC2CC(c3ccccc3)CN(CCOCCOCCOCCCc3cnc4c(c3)[C@@]3(Cc5cc1cnc5C3)C(=O)N4)C2=O. The highest BCUT2D eigenvalue weighted by atomic mass is 16.5. The minimum absolute atomic E-state index is 0.0626. The van der Waals surface area contributed by atoms with E-state index in [1.807, 2.05) is 30.5 Å². The highest BCUT2D eigenvalue weighted by Gasteiger charge is 2.52. The number of nitrogens with one attached hydrogen (secondary N) is 2. The van der Waals surface area contributed by atoms with Crippen molar-refractivity contribution in [3.63, 3.8) is 0 Å². The predicted molar refractivity (Wildman–Crippen MR) is 169 cm³/mol. The number of anilines is 1. The molecule has 11 heteroatoms. The monoisotopic (exact) mass is 625 g/mol. The van der Waals surface area contributed by atoms with Crippen molar-refractivity contribution in [1.82, 2.24) is 20.2 Å². The number of nitrogens with zero attached hydrogens (tertiary/aromatic N) is 3. The van der Waals surface area contributed by atoms with E-state index >= 15 is 0 Å². The minimum atomic E-state index is -0.812. The van der Waals surface area contributed by atoms with Gasteiger partial charge in [0.25, 0.3) is 5.91 Å². The van der Waals surface area contributed by atoms with Gasteiger partial charge >= 0.3 is 0 Å². The third-order valence-electron chi connectivity index (χ3n) is 9.56. The van der Waals surface area contributed by atoms with Gasteiger partial charge < -0.3 is 29.7 Å². The fourth-order valence-electron chi connectivity index (χ4n) is 7.12. The minimum Gasteiger partial charge on any atom is -0.379 e. The van der Waals surface area contributed by atoms with Crippen LogP contribution in [0.15, 0.2) is 54.9 Å². The normalized spacial score (nSPS) is 25.8. The van der Waals surface area contributed by atoms with Crippen molar-refractivity contribution in [3.05, 3.63) is 88.4 Å². The van der Waals surface area contributed by atoms with Crippen LogP contribution < -0.4 is 10.6 Å². The Morgan fingerprint density at radius 1 is 0.870 bits per heavy atom. The van der Waals surface area contributed by atoms with E-state index < -0.39 is 11.5 Å². The molecular weight excluding hydrogens is 586 g/mol. The molecule has 2 unspecified atom stereocenters. The first-order valence-corrected chi connectivity index (χ1v) is 16.2. The number of benzene rings is 1. The molecule has 7 rings (SSSR count). The van der Waals surface area contributed by atoms with E-state index in [4.69, 9.17) is 14.2 Å². The van der Waals surface area contributed by atoms with Crippen molar-refractivity contribution in [3.8, 4) is 0 Å². The van der Waals surface area contributed by atoms with Crippen LogP contribution >= 0.6 is 0 Å². The Labute approximate surface area is 268 Å². The quantitative estimate of drug-likeness (QED) is 0.422. The molecule has 3 atom stereocenters. The van der Waals surface area contributed by atoms with Gasteiger partial charge in [-0.3, -0.25) is 19.4 Å². The zero-order valence-electron chi connectivity index (χ0n) is 25.8. The molecule has 46 heavy (non-hydrogen) atoms. The summed E-state index contributed by atoms with van der Waals surface area (Å²) in [7, 11) is 0. The number of ether oxygens (including phenoxy) is 3. The van der Waals surface area contributed by atoms with Crippen LogP contribution in [0.4, 0.5) is 5.82 Å². The molecule has 1 saturated heterocycles. The lowest BCUT2D eigenvalue weighted by atomic mass is 9.79. The Kier molecular flexibility index (Phi) is 8.79. The standard InChI is InChI=1S/C35H39N5O6/c41-32-26-16-25-18-35(19-30(25)36-21-26)28-15-23(20-37-31(28)39-34(35)43)5-4-9-44-11-13-46-14-12-45-10-8-40-22-27(17-29(38-32)33(40)42)24-6-2-1-3-7-24/h1-3,6-7,15-16,20-21,27,29H,4-5,8-14,17-19,22H2,(H,38,41)(H,37,39,43)/t27?,29?,35-/m0/s1. The predicted octanol–water partition coefficient (Wildman–Crippen LogP) is 2.58. The molecule has 2 aromatic heterocycles. The molecule has 3 amide bonds. The van der Waals surface area contributed by atoms with Crippen LogP contribution in [0.25, 0.3) is 0 Å². The van der Waals surface area contributed by atoms with Crippen molar-refractivity contribution < 1.29 is 28.6 Å². The van der Waals surface area contributed by atoms with Crippen molar-refractivity contribution in [2.24, 2.45) is 0 Å². The average Bonchev–Trinajstić information content (AvgIpc) is 3.59. The van der Waals surface area contributed by atoms with Gasteiger partial charge in [0, 0.05) is 55.7 Å². The summed E-state index contributed by atoms with van der Waals surface area (Å²) < 4.78 is 17.2. The highest BCUT2D eigenvalue weighted by molar-refractivity contribution is 6.06. The fourth-order valence-corrected chi connectivity index (χ4v) is 7.12. The van der Waals surface area contributed by atoms with Crippen LogP contribution in [0.1, 0.15) is 57.1 Å². The number of aromatic nitrogens is 2. The Hall–Kier alpha value is -4.19. The van der Waals surface area contributed by atoms with Gasteiger partial charge in [-0.05, 0) is 54.5 Å². The molecule has 3 aromatic rings. The highest BCUT2D eigenvalue weighted by Crippen LogP contribution is 2.46. The van der Waals surface area contributed by atoms with Gasteiger partial charge in [0.2, 0.25) is 11.8 Å². The molecule has 1 aliphatic carbocycles. The zero-order valence-corrected chi connectivity index (χ0v) is 25.8. The lowest BCUT2D eigenvalue weighted by Crippen LogP contribution is -2.55. The number of hydrogen-bond donors (Lipinski definition) is 2. The topological polar surface area (TPSA) is 132 Å². The molecule has 240 valence electrons. The molecule has 7 bridgehead atoms. The molecule has 3 aliphatic heterocycles. The summed E-state index contributed by atoms with van der Waals surface area (Å²) in [5, 5.41) is 5.99. The molecule has 0 radical (unpaired) electrons. The van der Waals surface area contributed by atoms with Crippen LogP contribution in [0, 0.1) is 0 Å². The molecular formula is C35H39N5O6. The van der Waals surface area contributed by atoms with E-state index in [9.17, 15) is 14.4 Å². The van der Waals surface area contributed by atoms with Crippen molar-refractivity contribution >= 4 is 23.5 Å². The van der Waals surface area contributed by atoms with Crippen molar-refractivity contribution in [1.29, 1.82) is 0 Å². The number of carbonyl (C=O) groups is 3. The van der Waals surface area contributed by atoms with Crippen LogP contribution in [0.3, 0.4) is 0 Å². The van der Waals surface area contributed by atoms with Crippen LogP contribution in [-0.2, 0) is 48.5 Å². The van der Waals surface area contributed by atoms with Gasteiger partial charge in [-0.2, -0.15) is 0 Å². The second-order valence-corrected chi connectivity index (χ2v) is 12.6. The fraction of sp³-hybridized carbons (Fsp3) is 0.457. The van der Waals surface area contributed by atoms with Gasteiger partial charge in [0.15, 0.2) is 0 Å². The van der Waals surface area contributed by atoms with E-state index in [2.05, 4.69) is 38.8 Å². The van der Waals surface area contributed by atoms with E-state index in [0.717, 1.165) is 40.8 Å². The first kappa shape index (κ1) is 30.5. The Bertz CT molecular complexity index is 1620. The van der Waals surface area contributed by atoms with Crippen molar-refractivity contribution in [2.45, 2.75) is 49.5 Å². The number of rotatable bonds is 1. The molecule has 2 N–H and O–H groups in total. The number of pyridine rings is 2. The average molecular weight is 626 g/mol. The van der Waals surface area contributed by atoms with Crippen LogP contribution in [-0.4, -0.2) is 91.4 Å². The van der Waals surface area contributed by atoms with Gasteiger partial charge in [-0.1, -0.05) is 30.3 Å². The van der Waals surface area contributed by atoms with E-state index in [1.54, 1.807) is 11.1 Å². The maximum Gasteiger partial charge on any atom is 0.253 e. The van der Waals surface area contributed by atoms with Crippen molar-refractivity contribution in [2.75, 3.05) is 58.0 Å². The number of fused-ring (bicyclic) bond motifs is 4. The Morgan fingerprint density at radius 2 is 1.65 bits per heavy atom. The number of aryl methyl sites for hydroxylation is 1. The van der Waals surface area contributed by atoms with Gasteiger partial charge in [-0.25, -0.2) is 4.98 Å². The molecule has 1 fully saturated rings. The first-order valence-electron chi connectivity index (χ1n) is 16.2. The summed E-state index contributed by atoms with van der Waals surface area (Å²) in [6.45, 7) is 3.75. The summed E-state index contributed by atoms with van der Waals surface area (Å²) >= 11 is 0. The van der Waals surface area contributed by atoms with Gasteiger partial charge in [0.05, 0.1) is 44.0 Å². The molecule has 0 saturated carbocycles. The largest absolute Gasteiger partial charge is 0.379 e. The zero-order chi connectivity index (χ0) is 31.5. The van der Waals surface area contributed by atoms with Crippen LogP contribution in [0.5, 0.6) is 0 Å². The van der Waals surface area contributed by atoms with E-state index in [-0.39, 0.29) is 23.6 Å². The first-order chi connectivity index (χ1) is 22.5. The third kappa shape index (κ3) is 6.14. The summed E-state index contributed by atoms with van der Waals surface area (Å²) in [6, 6.07) is 13.3. The lowest BCUT2D eigenvalue weighted by Gasteiger charge is -2.37. The lowest BCUT2D eigenvalue weighted by molar-refractivity contribution is -0.137. The Morgan fingerprint density at radius 3 is 2.48 bits per heavy atom. The molecule has 1 spiro atoms. The summed E-state index contributed by atoms with van der Waals surface area (Å²) in [6.07, 6.45) is 6.32. The molecule has 5 heterocycles. The molecule has 11 nitrogen and oxygen atoms in total. The molecule has 4 aliphatic rings. The van der Waals surface area contributed by atoms with Gasteiger partial charge in [0.1, 0.15) is 11.9 Å². The smallest absolute Gasteiger partial charge is 0.253 e. The van der Waals surface area contributed by atoms with Gasteiger partial charge in [-0.15, -0.1) is 0 Å². The summed E-state index contributed by atoms with van der Waals surface area (Å²) in [4.78, 5) is 51.7. The molecule has 1 aromatic carbocycles. The third-order valence-corrected chi connectivity index (χ3v) is 9.56.